The second-order valence-corrected chi connectivity index (χ2v) is 10.9. The molecular formula is C26H32BrFN2O4. The molecule has 34 heavy (non-hydrogen) atoms. The first-order chi connectivity index (χ1) is 15.7. The molecule has 0 unspecified atom stereocenters. The third kappa shape index (κ3) is 4.65. The topological polar surface area (TPSA) is 71.4 Å². The smallest absolute Gasteiger partial charge is 0.197 e. The maximum atomic E-state index is 15.3. The number of rotatable bonds is 5. The number of amidine groups is 1. The van der Waals surface area contributed by atoms with Crippen molar-refractivity contribution in [2.75, 3.05) is 20.8 Å². The van der Waals surface area contributed by atoms with Gasteiger partial charge in [-0.3, -0.25) is 4.79 Å². The van der Waals surface area contributed by atoms with Gasteiger partial charge in [0.25, 0.3) is 0 Å². The van der Waals surface area contributed by atoms with E-state index in [9.17, 15) is 9.90 Å². The molecule has 0 aromatic heterocycles. The van der Waals surface area contributed by atoms with Crippen LogP contribution < -0.4 is 9.47 Å². The summed E-state index contributed by atoms with van der Waals surface area (Å²) >= 11 is 3.10. The van der Waals surface area contributed by atoms with E-state index in [1.165, 1.54) is 14.2 Å². The number of phenols is 1. The van der Waals surface area contributed by atoms with Gasteiger partial charge in [-0.1, -0.05) is 41.5 Å². The molecule has 1 aliphatic heterocycles. The van der Waals surface area contributed by atoms with Crippen LogP contribution in [0, 0.1) is 5.82 Å². The minimum absolute atomic E-state index is 0.00810. The lowest BCUT2D eigenvalue weighted by Crippen LogP contribution is -2.31. The van der Waals surface area contributed by atoms with Gasteiger partial charge in [-0.15, -0.1) is 0 Å². The first-order valence-corrected chi connectivity index (χ1v) is 11.7. The third-order valence-electron chi connectivity index (χ3n) is 6.04. The zero-order valence-electron chi connectivity index (χ0n) is 21.0. The van der Waals surface area contributed by atoms with E-state index in [4.69, 9.17) is 9.47 Å². The fraction of sp³-hybridized carbons (Fsp3) is 0.462. The molecule has 0 saturated heterocycles. The Morgan fingerprint density at radius 2 is 1.65 bits per heavy atom. The Labute approximate surface area is 209 Å². The van der Waals surface area contributed by atoms with Gasteiger partial charge in [-0.25, -0.2) is 4.39 Å². The van der Waals surface area contributed by atoms with Gasteiger partial charge in [-0.05, 0) is 34.6 Å². The first-order valence-electron chi connectivity index (χ1n) is 11.0. The number of hydrogen-bond donors (Lipinski definition) is 1. The highest BCUT2D eigenvalue weighted by atomic mass is 79.9. The molecule has 0 bridgehead atoms. The number of nitrogens with zero attached hydrogens (tertiary/aromatic N) is 2. The number of halogens is 2. The van der Waals surface area contributed by atoms with Crippen LogP contribution in [0.15, 0.2) is 22.2 Å². The van der Waals surface area contributed by atoms with Crippen LogP contribution in [0.5, 0.6) is 17.2 Å². The Bertz CT molecular complexity index is 1130. The number of phenolic OH excluding ortho intramolecular Hbond substituents is 1. The molecule has 0 amide bonds. The molecule has 0 atom stereocenters. The van der Waals surface area contributed by atoms with E-state index in [0.717, 1.165) is 0 Å². The zero-order chi connectivity index (χ0) is 25.6. The predicted molar refractivity (Wildman–Crippen MR) is 135 cm³/mol. The summed E-state index contributed by atoms with van der Waals surface area (Å²) in [6.07, 6.45) is 0. The van der Waals surface area contributed by atoms with Crippen LogP contribution in [0.2, 0.25) is 0 Å². The van der Waals surface area contributed by atoms with Gasteiger partial charge in [0.15, 0.2) is 23.1 Å². The number of methoxy groups -OCH3 is 2. The number of fused-ring (bicyclic) bond motifs is 1. The van der Waals surface area contributed by atoms with E-state index in [0.29, 0.717) is 34.6 Å². The van der Waals surface area contributed by atoms with Gasteiger partial charge in [0.05, 0.1) is 42.5 Å². The summed E-state index contributed by atoms with van der Waals surface area (Å²) in [6.45, 7) is 12.3. The van der Waals surface area contributed by atoms with Crippen LogP contribution in [0.1, 0.15) is 74.2 Å². The number of Topliss-reactive ketones (excluding diaryl/α,β-unsaturated/α-hetero) is 1. The quantitative estimate of drug-likeness (QED) is 0.483. The summed E-state index contributed by atoms with van der Waals surface area (Å²) in [6, 6.07) is 5.22. The van der Waals surface area contributed by atoms with E-state index in [2.05, 4.69) is 20.2 Å². The standard InChI is InChI=1S/C26H32BrFN2O4/c1-25(2,3)16-9-14(10-17(22(16)32)26(4,5)6)18(31)13-30-12-15-11-19(33-7)23(34-8)21(28)20(15)24(30)29-27/h9-11,32H,12-13H2,1-8H3/b29-24-. The van der Waals surface area contributed by atoms with Crippen LogP contribution in [-0.2, 0) is 17.4 Å². The average molecular weight is 535 g/mol. The molecule has 184 valence electrons. The van der Waals surface area contributed by atoms with Gasteiger partial charge in [0, 0.05) is 23.2 Å². The summed E-state index contributed by atoms with van der Waals surface area (Å²) < 4.78 is 29.8. The van der Waals surface area contributed by atoms with Crippen molar-refractivity contribution in [2.45, 2.75) is 58.9 Å². The average Bonchev–Trinajstić information content (AvgIpc) is 3.08. The van der Waals surface area contributed by atoms with Crippen LogP contribution in [0.25, 0.3) is 0 Å². The summed E-state index contributed by atoms with van der Waals surface area (Å²) in [7, 11) is 2.82. The number of ether oxygens (including phenoxy) is 2. The number of aromatic hydroxyl groups is 1. The first kappa shape index (κ1) is 26.0. The highest BCUT2D eigenvalue weighted by Gasteiger charge is 2.34. The Morgan fingerprint density at radius 1 is 1.09 bits per heavy atom. The number of carbonyl (C=O) groups excluding carboxylic acids is 1. The van der Waals surface area contributed by atoms with Crippen LogP contribution in [-0.4, -0.2) is 42.4 Å². The SMILES string of the molecule is COc1cc2c(c(F)c1OC)/C(=N/Br)N(CC(=O)c1cc(C(C)(C)C)c(O)c(C(C)(C)C)c1)C2. The highest BCUT2D eigenvalue weighted by Crippen LogP contribution is 2.41. The number of hydrogen-bond acceptors (Lipinski definition) is 5. The molecule has 1 N–H and O–H groups in total. The maximum Gasteiger partial charge on any atom is 0.197 e. The largest absolute Gasteiger partial charge is 0.507 e. The molecular weight excluding hydrogens is 503 g/mol. The van der Waals surface area contributed by atoms with Crippen LogP contribution in [0.4, 0.5) is 4.39 Å². The predicted octanol–water partition coefficient (Wildman–Crippen LogP) is 5.90. The van der Waals surface area contributed by atoms with E-state index in [1.807, 2.05) is 41.5 Å². The highest BCUT2D eigenvalue weighted by molar-refractivity contribution is 9.08. The second kappa shape index (κ2) is 9.21. The minimum atomic E-state index is -0.584. The van der Waals surface area contributed by atoms with Gasteiger partial charge in [-0.2, -0.15) is 4.02 Å². The summed E-state index contributed by atoms with van der Waals surface area (Å²) in [5, 5.41) is 11.0. The Morgan fingerprint density at radius 3 is 2.09 bits per heavy atom. The fourth-order valence-corrected chi connectivity index (χ4v) is 4.64. The van der Waals surface area contributed by atoms with Gasteiger partial charge in [0.2, 0.25) is 0 Å². The molecule has 0 spiro atoms. The molecule has 2 aromatic carbocycles. The van der Waals surface area contributed by atoms with E-state index < -0.39 is 5.82 Å². The van der Waals surface area contributed by atoms with Crippen LogP contribution in [0.3, 0.4) is 0 Å². The van der Waals surface area contributed by atoms with Crippen molar-refractivity contribution >= 4 is 27.8 Å². The van der Waals surface area contributed by atoms with E-state index in [-0.39, 0.29) is 46.0 Å². The van der Waals surface area contributed by atoms with E-state index >= 15 is 4.39 Å². The van der Waals surface area contributed by atoms with Crippen molar-refractivity contribution < 1.29 is 23.8 Å². The van der Waals surface area contributed by atoms with Crippen molar-refractivity contribution in [3.8, 4) is 17.2 Å². The molecule has 8 heteroatoms. The lowest BCUT2D eigenvalue weighted by atomic mass is 9.78. The molecule has 1 aliphatic rings. The Hall–Kier alpha value is -2.61. The van der Waals surface area contributed by atoms with Crippen molar-refractivity contribution in [1.29, 1.82) is 0 Å². The lowest BCUT2D eigenvalue weighted by molar-refractivity contribution is 0.0962. The third-order valence-corrected chi connectivity index (χ3v) is 6.38. The Kier molecular flexibility index (Phi) is 7.04. The van der Waals surface area contributed by atoms with Crippen LogP contribution >= 0.6 is 16.1 Å². The molecule has 0 radical (unpaired) electrons. The maximum absolute atomic E-state index is 15.3. The summed E-state index contributed by atoms with van der Waals surface area (Å²) in [4.78, 5) is 15.2. The van der Waals surface area contributed by atoms with E-state index in [1.54, 1.807) is 23.1 Å². The molecule has 2 aromatic rings. The van der Waals surface area contributed by atoms with Crippen molar-refractivity contribution in [1.82, 2.24) is 4.90 Å². The second-order valence-electron chi connectivity index (χ2n) is 10.6. The Balaban J connectivity index is 2.02. The fourth-order valence-electron chi connectivity index (χ4n) is 4.24. The number of ketones is 1. The van der Waals surface area contributed by atoms with Gasteiger partial charge >= 0.3 is 0 Å². The monoisotopic (exact) mass is 534 g/mol. The molecule has 0 fully saturated rings. The molecule has 6 nitrogen and oxygen atoms in total. The molecule has 3 rings (SSSR count). The van der Waals surface area contributed by atoms with Gasteiger partial charge in [0.1, 0.15) is 11.6 Å². The minimum Gasteiger partial charge on any atom is -0.507 e. The summed E-state index contributed by atoms with van der Waals surface area (Å²) in [5.41, 5.74) is 2.13. The molecule has 0 saturated carbocycles. The lowest BCUT2D eigenvalue weighted by Gasteiger charge is -2.28. The summed E-state index contributed by atoms with van der Waals surface area (Å²) in [5.74, 6) is 0.0634. The van der Waals surface area contributed by atoms with Crippen molar-refractivity contribution in [3.63, 3.8) is 0 Å². The van der Waals surface area contributed by atoms with Gasteiger partial charge < -0.3 is 19.5 Å². The number of benzene rings is 2. The van der Waals surface area contributed by atoms with Crippen molar-refractivity contribution in [3.05, 3.63) is 51.8 Å². The molecule has 1 heterocycles. The van der Waals surface area contributed by atoms with Crippen molar-refractivity contribution in [2.24, 2.45) is 4.02 Å². The number of carbonyl (C=O) groups is 1. The molecule has 0 aliphatic carbocycles. The zero-order valence-corrected chi connectivity index (χ0v) is 22.6. The normalized spacial score (nSPS) is 15.0.